The Bertz CT molecular complexity index is 2820. The van der Waals surface area contributed by atoms with Gasteiger partial charge in [-0.1, -0.05) is 180 Å². The highest BCUT2D eigenvalue weighted by atomic mass is 127. The molecule has 10 rings (SSSR count). The van der Waals surface area contributed by atoms with Crippen molar-refractivity contribution in [3.05, 3.63) is 187 Å². The molecule has 9 aromatic rings. The molecule has 240 valence electrons. The van der Waals surface area contributed by atoms with Crippen molar-refractivity contribution in [2.45, 2.75) is 10.3 Å². The number of allylic oxidation sites excluding steroid dienone is 1. The van der Waals surface area contributed by atoms with Crippen LogP contribution in [0.4, 0.5) is 0 Å². The van der Waals surface area contributed by atoms with Crippen molar-refractivity contribution in [2.75, 3.05) is 0 Å². The summed E-state index contributed by atoms with van der Waals surface area (Å²) in [6.45, 7) is 0. The number of hydrogen-bond donors (Lipinski definition) is 0. The summed E-state index contributed by atoms with van der Waals surface area (Å²) in [5.41, 5.74) is 12.8. The van der Waals surface area contributed by atoms with Crippen LogP contribution in [0.15, 0.2) is 176 Å². The van der Waals surface area contributed by atoms with Gasteiger partial charge in [-0.05, 0) is 129 Å². The molecule has 0 N–H and O–H groups in total. The topological polar surface area (TPSA) is 0 Å². The molecule has 1 aliphatic carbocycles. The van der Waals surface area contributed by atoms with Gasteiger partial charge in [-0.25, -0.2) is 0 Å². The SMILES string of the molecule is I[C@@H]1CC=Cc2cc(-c3ccc(-c4ccc5cc(-c6ccc(-c7cc8ccccc8c8ccccc78)cc6)ccc5c4)cc3)c3ccccc3c21. The van der Waals surface area contributed by atoms with Gasteiger partial charge in [0.1, 0.15) is 0 Å². The summed E-state index contributed by atoms with van der Waals surface area (Å²) in [4.78, 5) is 0. The summed E-state index contributed by atoms with van der Waals surface area (Å²) in [6, 6.07) is 62.9. The van der Waals surface area contributed by atoms with Gasteiger partial charge in [0.15, 0.2) is 0 Å². The van der Waals surface area contributed by atoms with Gasteiger partial charge in [0.05, 0.1) is 0 Å². The van der Waals surface area contributed by atoms with Crippen LogP contribution in [0, 0.1) is 0 Å². The molecule has 0 unspecified atom stereocenters. The Kier molecular flexibility index (Phi) is 7.35. The molecular weight excluding hydrogens is 727 g/mol. The van der Waals surface area contributed by atoms with Crippen LogP contribution >= 0.6 is 22.6 Å². The van der Waals surface area contributed by atoms with E-state index in [1.54, 1.807) is 0 Å². The van der Waals surface area contributed by atoms with Gasteiger partial charge in [-0.15, -0.1) is 0 Å². The highest BCUT2D eigenvalue weighted by molar-refractivity contribution is 14.1. The van der Waals surface area contributed by atoms with Crippen LogP contribution in [0.5, 0.6) is 0 Å². The number of rotatable bonds is 4. The molecule has 51 heavy (non-hydrogen) atoms. The molecular formula is C50H33I. The van der Waals surface area contributed by atoms with Crippen molar-refractivity contribution >= 4 is 71.8 Å². The molecule has 1 heteroatoms. The van der Waals surface area contributed by atoms with Gasteiger partial charge in [-0.3, -0.25) is 0 Å². The first-order chi connectivity index (χ1) is 25.2. The first kappa shape index (κ1) is 30.3. The Morgan fingerprint density at radius 2 is 0.843 bits per heavy atom. The Hall–Kier alpha value is -5.51. The molecule has 0 heterocycles. The van der Waals surface area contributed by atoms with Gasteiger partial charge < -0.3 is 0 Å². The molecule has 0 amide bonds. The van der Waals surface area contributed by atoms with Crippen LogP contribution in [0.1, 0.15) is 21.5 Å². The fraction of sp³-hybridized carbons (Fsp3) is 0.0400. The zero-order valence-electron chi connectivity index (χ0n) is 28.0. The second-order valence-electron chi connectivity index (χ2n) is 13.7. The van der Waals surface area contributed by atoms with E-state index in [1.807, 2.05) is 0 Å². The normalized spacial score (nSPS) is 14.0. The van der Waals surface area contributed by atoms with Gasteiger partial charge in [0.2, 0.25) is 0 Å². The van der Waals surface area contributed by atoms with Crippen molar-refractivity contribution < 1.29 is 0 Å². The summed E-state index contributed by atoms with van der Waals surface area (Å²) < 4.78 is 0.510. The number of halogens is 1. The molecule has 1 atom stereocenters. The van der Waals surface area contributed by atoms with Gasteiger partial charge >= 0.3 is 0 Å². The number of fused-ring (bicyclic) bond motifs is 7. The Morgan fingerprint density at radius 1 is 0.373 bits per heavy atom. The second kappa shape index (κ2) is 12.4. The minimum Gasteiger partial charge on any atom is -0.0826 e. The van der Waals surface area contributed by atoms with Crippen LogP contribution in [0.3, 0.4) is 0 Å². The summed E-state index contributed by atoms with van der Waals surface area (Å²) in [6.07, 6.45) is 5.71. The monoisotopic (exact) mass is 760 g/mol. The van der Waals surface area contributed by atoms with E-state index in [-0.39, 0.29) is 0 Å². The van der Waals surface area contributed by atoms with E-state index < -0.39 is 0 Å². The van der Waals surface area contributed by atoms with Crippen molar-refractivity contribution in [1.82, 2.24) is 0 Å². The third-order valence-corrected chi connectivity index (χ3v) is 11.9. The minimum atomic E-state index is 0.510. The third kappa shape index (κ3) is 5.27. The largest absolute Gasteiger partial charge is 0.0826 e. The van der Waals surface area contributed by atoms with Crippen LogP contribution in [-0.4, -0.2) is 0 Å². The zero-order valence-corrected chi connectivity index (χ0v) is 30.1. The maximum atomic E-state index is 2.60. The Morgan fingerprint density at radius 3 is 1.47 bits per heavy atom. The summed E-state index contributed by atoms with van der Waals surface area (Å²) in [5, 5.41) is 10.4. The average Bonchev–Trinajstić information content (AvgIpc) is 3.20. The molecule has 1 aliphatic rings. The van der Waals surface area contributed by atoms with E-state index in [4.69, 9.17) is 0 Å². The fourth-order valence-electron chi connectivity index (χ4n) is 8.16. The standard InChI is InChI=1S/C50H33I/c51-49-15-7-9-41-31-48(45-13-5-6-14-46(45)50(41)49)35-22-18-33(19-23-35)37-25-27-38-28-36(24-26-39(38)29-37)32-16-20-34(21-17-32)47-30-40-8-1-2-10-42(40)43-11-3-4-12-44(43)47/h1-14,16-31,49H,15H2/t49-/m1/s1. The molecule has 9 aromatic carbocycles. The molecule has 0 aromatic heterocycles. The Balaban J connectivity index is 0.945. The summed E-state index contributed by atoms with van der Waals surface area (Å²) in [7, 11) is 0. The third-order valence-electron chi connectivity index (χ3n) is 10.7. The minimum absolute atomic E-state index is 0.510. The lowest BCUT2D eigenvalue weighted by Crippen LogP contribution is -2.00. The molecule has 0 bridgehead atoms. The van der Waals surface area contributed by atoms with Crippen molar-refractivity contribution in [1.29, 1.82) is 0 Å². The highest BCUT2D eigenvalue weighted by Crippen LogP contribution is 2.43. The van der Waals surface area contributed by atoms with Crippen LogP contribution in [0.2, 0.25) is 0 Å². The Labute approximate surface area is 311 Å². The van der Waals surface area contributed by atoms with Crippen LogP contribution in [-0.2, 0) is 0 Å². The van der Waals surface area contributed by atoms with Crippen molar-refractivity contribution in [3.8, 4) is 44.5 Å². The van der Waals surface area contributed by atoms with Gasteiger partial charge in [-0.2, -0.15) is 0 Å². The van der Waals surface area contributed by atoms with Crippen molar-refractivity contribution in [2.24, 2.45) is 0 Å². The molecule has 0 saturated carbocycles. The molecule has 0 radical (unpaired) electrons. The van der Waals surface area contributed by atoms with E-state index in [0.29, 0.717) is 3.92 Å². The number of alkyl halides is 1. The van der Waals surface area contributed by atoms with Crippen molar-refractivity contribution in [3.63, 3.8) is 0 Å². The van der Waals surface area contributed by atoms with E-state index in [9.17, 15) is 0 Å². The molecule has 0 saturated heterocycles. The lowest BCUT2D eigenvalue weighted by molar-refractivity contribution is 1.00. The highest BCUT2D eigenvalue weighted by Gasteiger charge is 2.20. The van der Waals surface area contributed by atoms with E-state index in [0.717, 1.165) is 6.42 Å². The van der Waals surface area contributed by atoms with Crippen LogP contribution < -0.4 is 0 Å². The summed E-state index contributed by atoms with van der Waals surface area (Å²) in [5.74, 6) is 0. The molecule has 0 spiro atoms. The molecule has 0 fully saturated rings. The lowest BCUT2D eigenvalue weighted by atomic mass is 9.87. The zero-order chi connectivity index (χ0) is 33.9. The lowest BCUT2D eigenvalue weighted by Gasteiger charge is -2.21. The molecule has 0 nitrogen and oxygen atoms in total. The maximum absolute atomic E-state index is 2.60. The van der Waals surface area contributed by atoms with Gasteiger partial charge in [0, 0.05) is 3.92 Å². The first-order valence-electron chi connectivity index (χ1n) is 17.7. The predicted octanol–water partition coefficient (Wildman–Crippen LogP) is 14.9. The summed E-state index contributed by atoms with van der Waals surface area (Å²) >= 11 is 2.60. The van der Waals surface area contributed by atoms with E-state index >= 15 is 0 Å². The second-order valence-corrected chi connectivity index (χ2v) is 15.2. The van der Waals surface area contributed by atoms with Crippen LogP contribution in [0.25, 0.3) is 93.7 Å². The van der Waals surface area contributed by atoms with E-state index in [1.165, 1.54) is 98.7 Å². The smallest absolute Gasteiger partial charge is 0.0406 e. The average molecular weight is 761 g/mol. The quantitative estimate of drug-likeness (QED) is 0.0952. The predicted molar refractivity (Wildman–Crippen MR) is 229 cm³/mol. The first-order valence-corrected chi connectivity index (χ1v) is 18.9. The fourth-order valence-corrected chi connectivity index (χ4v) is 9.15. The number of benzene rings is 9. The van der Waals surface area contributed by atoms with E-state index in [2.05, 4.69) is 205 Å². The number of hydrogen-bond acceptors (Lipinski definition) is 0. The molecule has 0 aliphatic heterocycles. The maximum Gasteiger partial charge on any atom is 0.0406 e. The van der Waals surface area contributed by atoms with Gasteiger partial charge in [0.25, 0.3) is 0 Å².